The van der Waals surface area contributed by atoms with Gasteiger partial charge >= 0.3 is 0 Å². The lowest BCUT2D eigenvalue weighted by atomic mass is 10.1. The van der Waals surface area contributed by atoms with Crippen molar-refractivity contribution in [1.29, 1.82) is 0 Å². The van der Waals surface area contributed by atoms with Gasteiger partial charge in [-0.15, -0.1) is 34.2 Å². The van der Waals surface area contributed by atoms with Gasteiger partial charge in [0.1, 0.15) is 18.1 Å². The molecule has 33 heavy (non-hydrogen) atoms. The van der Waals surface area contributed by atoms with Gasteiger partial charge in [-0.25, -0.2) is 4.99 Å². The number of hydrogen-bond acceptors (Lipinski definition) is 6. The molecular weight excluding hydrogens is 533 g/mol. The minimum atomic E-state index is 0. The van der Waals surface area contributed by atoms with Crippen molar-refractivity contribution in [3.63, 3.8) is 0 Å². The van der Waals surface area contributed by atoms with E-state index in [0.29, 0.717) is 13.2 Å². The third kappa shape index (κ3) is 8.11. The number of rotatable bonds is 11. The van der Waals surface area contributed by atoms with Crippen LogP contribution in [0.3, 0.4) is 0 Å². The van der Waals surface area contributed by atoms with Crippen molar-refractivity contribution in [2.24, 2.45) is 12.0 Å². The molecule has 1 aromatic heterocycles. The SMILES string of the molecule is COCCCNC(=NCc1nnc(C)n1C)NCC(c1ccc(OC)cc1)N1CCCC1.I. The molecule has 0 bridgehead atoms. The van der Waals surface area contributed by atoms with Crippen LogP contribution in [0.2, 0.25) is 0 Å². The maximum atomic E-state index is 5.34. The third-order valence-electron chi connectivity index (χ3n) is 5.92. The summed E-state index contributed by atoms with van der Waals surface area (Å²) >= 11 is 0. The van der Waals surface area contributed by atoms with Gasteiger partial charge in [-0.2, -0.15) is 0 Å². The first-order chi connectivity index (χ1) is 15.6. The van der Waals surface area contributed by atoms with E-state index >= 15 is 0 Å². The number of aryl methyl sites for hydroxylation is 1. The second kappa shape index (κ2) is 14.4. The highest BCUT2D eigenvalue weighted by atomic mass is 127. The Balaban J connectivity index is 0.00000385. The van der Waals surface area contributed by atoms with Gasteiger partial charge in [0.15, 0.2) is 11.8 Å². The Morgan fingerprint density at radius 1 is 1.12 bits per heavy atom. The van der Waals surface area contributed by atoms with Crippen molar-refractivity contribution in [1.82, 2.24) is 30.3 Å². The van der Waals surface area contributed by atoms with Crippen molar-refractivity contribution in [3.8, 4) is 5.75 Å². The van der Waals surface area contributed by atoms with E-state index in [1.807, 2.05) is 30.7 Å². The number of nitrogens with one attached hydrogen (secondary N) is 2. The largest absolute Gasteiger partial charge is 0.497 e. The Morgan fingerprint density at radius 3 is 2.45 bits per heavy atom. The summed E-state index contributed by atoms with van der Waals surface area (Å²) in [5.41, 5.74) is 1.28. The minimum absolute atomic E-state index is 0. The van der Waals surface area contributed by atoms with E-state index in [1.165, 1.54) is 18.4 Å². The lowest BCUT2D eigenvalue weighted by Crippen LogP contribution is -2.43. The van der Waals surface area contributed by atoms with Crippen LogP contribution >= 0.6 is 24.0 Å². The summed E-state index contributed by atoms with van der Waals surface area (Å²) in [6, 6.07) is 8.66. The van der Waals surface area contributed by atoms with Gasteiger partial charge in [-0.1, -0.05) is 12.1 Å². The van der Waals surface area contributed by atoms with Crippen LogP contribution < -0.4 is 15.4 Å². The van der Waals surface area contributed by atoms with Gasteiger partial charge in [0.25, 0.3) is 0 Å². The number of benzene rings is 1. The van der Waals surface area contributed by atoms with E-state index in [1.54, 1.807) is 14.2 Å². The lowest BCUT2D eigenvalue weighted by molar-refractivity contribution is 0.195. The molecule has 1 atom stereocenters. The first kappa shape index (κ1) is 27.3. The van der Waals surface area contributed by atoms with E-state index in [4.69, 9.17) is 14.5 Å². The van der Waals surface area contributed by atoms with Crippen LogP contribution in [0.25, 0.3) is 0 Å². The van der Waals surface area contributed by atoms with Crippen LogP contribution in [-0.2, 0) is 18.3 Å². The summed E-state index contributed by atoms with van der Waals surface area (Å²) < 4.78 is 12.5. The molecule has 1 aliphatic heterocycles. The van der Waals surface area contributed by atoms with E-state index in [-0.39, 0.29) is 30.0 Å². The number of halogens is 1. The zero-order valence-electron chi connectivity index (χ0n) is 20.2. The van der Waals surface area contributed by atoms with Crippen molar-refractivity contribution in [2.75, 3.05) is 47.0 Å². The molecule has 1 aromatic carbocycles. The average molecular weight is 572 g/mol. The molecule has 184 valence electrons. The molecule has 9 nitrogen and oxygen atoms in total. The third-order valence-corrected chi connectivity index (χ3v) is 5.92. The van der Waals surface area contributed by atoms with Crippen LogP contribution in [0.5, 0.6) is 5.75 Å². The second-order valence-electron chi connectivity index (χ2n) is 8.07. The standard InChI is InChI=1S/C23H37N7O2.HI/c1-18-27-28-22(29(18)2)17-26-23(24-12-7-15-31-3)25-16-21(30-13-5-6-14-30)19-8-10-20(32-4)11-9-19;/h8-11,21H,5-7,12-17H2,1-4H3,(H2,24,25,26);1H. The number of nitrogens with zero attached hydrogens (tertiary/aromatic N) is 5. The highest BCUT2D eigenvalue weighted by Gasteiger charge is 2.23. The number of hydrogen-bond donors (Lipinski definition) is 2. The summed E-state index contributed by atoms with van der Waals surface area (Å²) in [6.07, 6.45) is 3.40. The predicted octanol–water partition coefficient (Wildman–Crippen LogP) is 2.66. The monoisotopic (exact) mass is 571 g/mol. The molecular formula is C23H38IN7O2. The van der Waals surface area contributed by atoms with Crippen molar-refractivity contribution >= 4 is 29.9 Å². The summed E-state index contributed by atoms with van der Waals surface area (Å²) in [5, 5.41) is 15.4. The number of aliphatic imine (C=N–C) groups is 1. The molecule has 0 amide bonds. The number of methoxy groups -OCH3 is 2. The Morgan fingerprint density at radius 2 is 1.85 bits per heavy atom. The van der Waals surface area contributed by atoms with Crippen LogP contribution in [0, 0.1) is 6.92 Å². The fraction of sp³-hybridized carbons (Fsp3) is 0.609. The topological polar surface area (TPSA) is 88.8 Å². The Hall–Kier alpha value is -1.92. The van der Waals surface area contributed by atoms with Gasteiger partial charge in [0, 0.05) is 33.9 Å². The quantitative estimate of drug-likeness (QED) is 0.186. The molecule has 3 rings (SSSR count). The summed E-state index contributed by atoms with van der Waals surface area (Å²) in [7, 11) is 5.39. The highest BCUT2D eigenvalue weighted by molar-refractivity contribution is 14.0. The van der Waals surface area contributed by atoms with Crippen LogP contribution in [-0.4, -0.2) is 72.6 Å². The molecule has 2 N–H and O–H groups in total. The molecule has 0 spiro atoms. The van der Waals surface area contributed by atoms with Gasteiger partial charge < -0.3 is 24.7 Å². The first-order valence-electron chi connectivity index (χ1n) is 11.4. The first-order valence-corrected chi connectivity index (χ1v) is 11.4. The Labute approximate surface area is 214 Å². The van der Waals surface area contributed by atoms with Crippen molar-refractivity contribution in [3.05, 3.63) is 41.5 Å². The maximum Gasteiger partial charge on any atom is 0.191 e. The number of guanidine groups is 1. The van der Waals surface area contributed by atoms with Gasteiger partial charge in [-0.3, -0.25) is 4.90 Å². The average Bonchev–Trinajstić information content (AvgIpc) is 3.46. The molecule has 2 heterocycles. The van der Waals surface area contributed by atoms with Crippen molar-refractivity contribution < 1.29 is 9.47 Å². The molecule has 0 radical (unpaired) electrons. The molecule has 1 aliphatic rings. The van der Waals surface area contributed by atoms with Crippen molar-refractivity contribution in [2.45, 2.75) is 38.8 Å². The van der Waals surface area contributed by atoms with Gasteiger partial charge in [0.2, 0.25) is 0 Å². The summed E-state index contributed by atoms with van der Waals surface area (Å²) in [4.78, 5) is 7.32. The molecule has 1 saturated heterocycles. The minimum Gasteiger partial charge on any atom is -0.497 e. The predicted molar refractivity (Wildman–Crippen MR) is 141 cm³/mol. The zero-order chi connectivity index (χ0) is 22.8. The van der Waals surface area contributed by atoms with E-state index in [9.17, 15) is 0 Å². The summed E-state index contributed by atoms with van der Waals surface area (Å²) in [6.45, 7) is 6.90. The van der Waals surface area contributed by atoms with Crippen LogP contribution in [0.15, 0.2) is 29.3 Å². The van der Waals surface area contributed by atoms with E-state index < -0.39 is 0 Å². The Bertz CT molecular complexity index is 851. The van der Waals surface area contributed by atoms with E-state index in [0.717, 1.165) is 56.0 Å². The number of aromatic nitrogens is 3. The fourth-order valence-electron chi connectivity index (χ4n) is 3.87. The molecule has 10 heteroatoms. The highest BCUT2D eigenvalue weighted by Crippen LogP contribution is 2.26. The lowest BCUT2D eigenvalue weighted by Gasteiger charge is -2.29. The summed E-state index contributed by atoms with van der Waals surface area (Å²) in [5.74, 6) is 3.38. The van der Waals surface area contributed by atoms with Gasteiger partial charge in [-0.05, 0) is 57.0 Å². The normalized spacial score (nSPS) is 15.2. The van der Waals surface area contributed by atoms with E-state index in [2.05, 4.69) is 37.9 Å². The molecule has 0 aliphatic carbocycles. The molecule has 1 unspecified atom stereocenters. The molecule has 2 aromatic rings. The number of ether oxygens (including phenoxy) is 2. The fourth-order valence-corrected chi connectivity index (χ4v) is 3.87. The van der Waals surface area contributed by atoms with Crippen LogP contribution in [0.4, 0.5) is 0 Å². The van der Waals surface area contributed by atoms with Gasteiger partial charge in [0.05, 0.1) is 13.2 Å². The molecule has 1 fully saturated rings. The zero-order valence-corrected chi connectivity index (χ0v) is 22.5. The smallest absolute Gasteiger partial charge is 0.191 e. The Kier molecular flexibility index (Phi) is 11.9. The van der Waals surface area contributed by atoms with Crippen LogP contribution in [0.1, 0.15) is 42.5 Å². The number of likely N-dealkylation sites (tertiary alicyclic amines) is 1. The second-order valence-corrected chi connectivity index (χ2v) is 8.07. The maximum absolute atomic E-state index is 5.34. The molecule has 0 saturated carbocycles.